The quantitative estimate of drug-likeness (QED) is 0.885. The number of ether oxygens (including phenoxy) is 2. The smallest absolute Gasteiger partial charge is 0.251 e. The summed E-state index contributed by atoms with van der Waals surface area (Å²) < 4.78 is 11.9. The van der Waals surface area contributed by atoms with Gasteiger partial charge in [0, 0.05) is 36.7 Å². The number of carbonyl (C=O) groups excluding carboxylic acids is 1. The minimum Gasteiger partial charge on any atom is -0.349 e. The van der Waals surface area contributed by atoms with Gasteiger partial charge in [0.25, 0.3) is 5.91 Å². The van der Waals surface area contributed by atoms with Crippen molar-refractivity contribution >= 4 is 5.91 Å². The SMILES string of the molecule is CC(C)c1cc(C(=O)NC[C@@H]2COC3(CCCCC3)O2)cc(=O)[nH]1. The van der Waals surface area contributed by atoms with E-state index in [0.29, 0.717) is 18.7 Å². The minimum atomic E-state index is -0.428. The molecule has 24 heavy (non-hydrogen) atoms. The highest BCUT2D eigenvalue weighted by Gasteiger charge is 2.42. The molecule has 1 aliphatic heterocycles. The van der Waals surface area contributed by atoms with Crippen LogP contribution in [0.3, 0.4) is 0 Å². The molecule has 1 aliphatic carbocycles. The minimum absolute atomic E-state index is 0.126. The third-order valence-electron chi connectivity index (χ3n) is 4.77. The molecule has 0 bridgehead atoms. The standard InChI is InChI=1S/C18H26N2O4/c1-12(2)15-8-13(9-16(21)20-15)17(22)19-10-14-11-23-18(24-14)6-4-3-5-7-18/h8-9,12,14H,3-7,10-11H2,1-2H3,(H,19,22)(H,20,21)/t14-/m1/s1. The van der Waals surface area contributed by atoms with Gasteiger partial charge in [-0.1, -0.05) is 20.3 Å². The summed E-state index contributed by atoms with van der Waals surface area (Å²) in [5.41, 5.74) is 0.885. The topological polar surface area (TPSA) is 80.4 Å². The van der Waals surface area contributed by atoms with Crippen LogP contribution in [0.4, 0.5) is 0 Å². The van der Waals surface area contributed by atoms with Crippen LogP contribution in [-0.2, 0) is 9.47 Å². The molecule has 3 rings (SSSR count). The number of hydrogen-bond acceptors (Lipinski definition) is 4. The molecule has 6 heteroatoms. The molecule has 1 saturated heterocycles. The maximum absolute atomic E-state index is 12.3. The van der Waals surface area contributed by atoms with Gasteiger partial charge >= 0.3 is 0 Å². The van der Waals surface area contributed by atoms with Crippen molar-refractivity contribution in [3.05, 3.63) is 33.7 Å². The Kier molecular flexibility index (Phi) is 5.06. The fourth-order valence-corrected chi connectivity index (χ4v) is 3.39. The Labute approximate surface area is 141 Å². The fraction of sp³-hybridized carbons (Fsp3) is 0.667. The van der Waals surface area contributed by atoms with E-state index in [-0.39, 0.29) is 23.5 Å². The normalized spacial score (nSPS) is 22.9. The van der Waals surface area contributed by atoms with Crippen molar-refractivity contribution in [3.63, 3.8) is 0 Å². The van der Waals surface area contributed by atoms with E-state index in [1.165, 1.54) is 12.5 Å². The summed E-state index contributed by atoms with van der Waals surface area (Å²) in [4.78, 5) is 26.8. The van der Waals surface area contributed by atoms with Crippen LogP contribution in [0.5, 0.6) is 0 Å². The van der Waals surface area contributed by atoms with E-state index < -0.39 is 5.79 Å². The van der Waals surface area contributed by atoms with Gasteiger partial charge in [0.05, 0.1) is 6.61 Å². The van der Waals surface area contributed by atoms with E-state index >= 15 is 0 Å². The number of aromatic amines is 1. The molecule has 6 nitrogen and oxygen atoms in total. The van der Waals surface area contributed by atoms with E-state index in [4.69, 9.17) is 9.47 Å². The Balaban J connectivity index is 1.57. The highest BCUT2D eigenvalue weighted by Crippen LogP contribution is 2.37. The van der Waals surface area contributed by atoms with Crippen LogP contribution in [0, 0.1) is 0 Å². The molecule has 1 saturated carbocycles. The van der Waals surface area contributed by atoms with Gasteiger partial charge in [-0.3, -0.25) is 9.59 Å². The van der Waals surface area contributed by atoms with Crippen molar-refractivity contribution in [2.75, 3.05) is 13.2 Å². The van der Waals surface area contributed by atoms with Crippen molar-refractivity contribution in [1.82, 2.24) is 10.3 Å². The first kappa shape index (κ1) is 17.2. The molecule has 1 spiro atoms. The molecule has 0 aromatic carbocycles. The molecule has 1 aromatic rings. The van der Waals surface area contributed by atoms with Gasteiger partial charge in [-0.2, -0.15) is 0 Å². The van der Waals surface area contributed by atoms with E-state index in [1.807, 2.05) is 13.8 Å². The summed E-state index contributed by atoms with van der Waals surface area (Å²) in [6, 6.07) is 3.06. The molecule has 1 aromatic heterocycles. The van der Waals surface area contributed by atoms with Crippen molar-refractivity contribution in [3.8, 4) is 0 Å². The van der Waals surface area contributed by atoms with E-state index in [0.717, 1.165) is 31.4 Å². The first-order chi connectivity index (χ1) is 11.5. The molecule has 0 unspecified atom stereocenters. The Morgan fingerprint density at radius 1 is 1.33 bits per heavy atom. The number of hydrogen-bond donors (Lipinski definition) is 2. The second-order valence-corrected chi connectivity index (χ2v) is 7.08. The zero-order valence-corrected chi connectivity index (χ0v) is 14.4. The van der Waals surface area contributed by atoms with Crippen molar-refractivity contribution in [2.24, 2.45) is 0 Å². The Morgan fingerprint density at radius 3 is 2.79 bits per heavy atom. The molecule has 2 fully saturated rings. The molecule has 2 aliphatic rings. The predicted octanol–water partition coefficient (Wildman–Crippen LogP) is 2.30. The van der Waals surface area contributed by atoms with E-state index in [2.05, 4.69) is 10.3 Å². The molecular weight excluding hydrogens is 308 g/mol. The first-order valence-electron chi connectivity index (χ1n) is 8.82. The second kappa shape index (κ2) is 7.07. The summed E-state index contributed by atoms with van der Waals surface area (Å²) in [5, 5.41) is 2.86. The Bertz CT molecular complexity index is 647. The number of aromatic nitrogens is 1. The van der Waals surface area contributed by atoms with Gasteiger partial charge < -0.3 is 19.8 Å². The Hall–Kier alpha value is -1.66. The highest BCUT2D eigenvalue weighted by molar-refractivity contribution is 5.94. The summed E-state index contributed by atoms with van der Waals surface area (Å²) in [6.07, 6.45) is 5.23. The van der Waals surface area contributed by atoms with Gasteiger partial charge in [0.1, 0.15) is 6.10 Å². The zero-order valence-electron chi connectivity index (χ0n) is 14.4. The van der Waals surface area contributed by atoms with Crippen LogP contribution < -0.4 is 10.9 Å². The van der Waals surface area contributed by atoms with Crippen LogP contribution in [0.25, 0.3) is 0 Å². The molecular formula is C18H26N2O4. The van der Waals surface area contributed by atoms with Gasteiger partial charge in [0.2, 0.25) is 5.56 Å². The summed E-state index contributed by atoms with van der Waals surface area (Å²) >= 11 is 0. The average Bonchev–Trinajstić information content (AvgIpc) is 2.95. The van der Waals surface area contributed by atoms with Crippen molar-refractivity contribution < 1.29 is 14.3 Å². The first-order valence-corrected chi connectivity index (χ1v) is 8.82. The largest absolute Gasteiger partial charge is 0.349 e. The highest BCUT2D eigenvalue weighted by atomic mass is 16.7. The number of nitrogens with one attached hydrogen (secondary N) is 2. The number of carbonyl (C=O) groups is 1. The van der Waals surface area contributed by atoms with E-state index in [1.54, 1.807) is 6.07 Å². The lowest BCUT2D eigenvalue weighted by atomic mass is 9.94. The molecule has 1 amide bonds. The van der Waals surface area contributed by atoms with Crippen molar-refractivity contribution in [2.45, 2.75) is 63.8 Å². The zero-order chi connectivity index (χ0) is 17.2. The van der Waals surface area contributed by atoms with Crippen LogP contribution in [0.1, 0.15) is 67.9 Å². The van der Waals surface area contributed by atoms with Crippen molar-refractivity contribution in [1.29, 1.82) is 0 Å². The summed E-state index contributed by atoms with van der Waals surface area (Å²) in [7, 11) is 0. The molecule has 2 heterocycles. The number of pyridine rings is 1. The number of rotatable bonds is 4. The number of H-pyrrole nitrogens is 1. The Morgan fingerprint density at radius 2 is 2.08 bits per heavy atom. The number of amides is 1. The van der Waals surface area contributed by atoms with Crippen LogP contribution in [0.15, 0.2) is 16.9 Å². The summed E-state index contributed by atoms with van der Waals surface area (Å²) in [5.74, 6) is -0.526. The molecule has 132 valence electrons. The third kappa shape index (κ3) is 3.87. The maximum atomic E-state index is 12.3. The molecule has 1 atom stereocenters. The average molecular weight is 334 g/mol. The maximum Gasteiger partial charge on any atom is 0.251 e. The third-order valence-corrected chi connectivity index (χ3v) is 4.77. The van der Waals surface area contributed by atoms with E-state index in [9.17, 15) is 9.59 Å². The van der Waals surface area contributed by atoms with Gasteiger partial charge in [-0.25, -0.2) is 0 Å². The van der Waals surface area contributed by atoms with Gasteiger partial charge in [-0.15, -0.1) is 0 Å². The lowest BCUT2D eigenvalue weighted by Gasteiger charge is -2.31. The monoisotopic (exact) mass is 334 g/mol. The van der Waals surface area contributed by atoms with Gasteiger partial charge in [-0.05, 0) is 24.8 Å². The van der Waals surface area contributed by atoms with Crippen LogP contribution in [0.2, 0.25) is 0 Å². The molecule has 2 N–H and O–H groups in total. The lowest BCUT2D eigenvalue weighted by Crippen LogP contribution is -2.37. The van der Waals surface area contributed by atoms with Crippen LogP contribution >= 0.6 is 0 Å². The second-order valence-electron chi connectivity index (χ2n) is 7.08. The predicted molar refractivity (Wildman–Crippen MR) is 90.1 cm³/mol. The van der Waals surface area contributed by atoms with Crippen LogP contribution in [-0.4, -0.2) is 35.9 Å². The molecule has 0 radical (unpaired) electrons. The fourth-order valence-electron chi connectivity index (χ4n) is 3.39. The lowest BCUT2D eigenvalue weighted by molar-refractivity contribution is -0.186. The summed E-state index contributed by atoms with van der Waals surface area (Å²) in [6.45, 7) is 4.85. The van der Waals surface area contributed by atoms with Gasteiger partial charge in [0.15, 0.2) is 5.79 Å².